The average molecular weight is 268 g/mol. The molecule has 102 valence electrons. The van der Waals surface area contributed by atoms with E-state index >= 15 is 0 Å². The lowest BCUT2D eigenvalue weighted by molar-refractivity contribution is 0.621. The quantitative estimate of drug-likeness (QED) is 0.813. The largest absolute Gasteiger partial charge is 0.347 e. The number of nitrogens with one attached hydrogen (secondary N) is 2. The minimum atomic E-state index is -0.245. The lowest BCUT2D eigenvalue weighted by atomic mass is 10.1. The fraction of sp³-hybridized carbons (Fsp3) is 0.333. The molecule has 2 N–H and O–H groups in total. The van der Waals surface area contributed by atoms with E-state index in [-0.39, 0.29) is 5.69 Å². The number of nitrogens with zero attached hydrogens (tertiary/aromatic N) is 2. The number of rotatable bonds is 1. The van der Waals surface area contributed by atoms with Crippen molar-refractivity contribution in [1.29, 1.82) is 0 Å². The van der Waals surface area contributed by atoms with Crippen LogP contribution in [0.15, 0.2) is 29.1 Å². The topological polar surface area (TPSA) is 61.0 Å². The Bertz CT molecular complexity index is 722. The number of anilines is 2. The molecule has 1 aromatic heterocycles. The Labute approximate surface area is 116 Å². The van der Waals surface area contributed by atoms with E-state index in [0.29, 0.717) is 0 Å². The Morgan fingerprint density at radius 3 is 3.05 bits per heavy atom. The van der Waals surface area contributed by atoms with Crippen molar-refractivity contribution >= 4 is 11.5 Å². The molecule has 0 radical (unpaired) electrons. The highest BCUT2D eigenvalue weighted by molar-refractivity contribution is 5.69. The van der Waals surface area contributed by atoms with Gasteiger partial charge in [0.1, 0.15) is 5.82 Å². The normalized spacial score (nSPS) is 16.9. The maximum absolute atomic E-state index is 11.8. The van der Waals surface area contributed by atoms with Crippen molar-refractivity contribution in [3.63, 3.8) is 0 Å². The Kier molecular flexibility index (Phi) is 2.60. The summed E-state index contributed by atoms with van der Waals surface area (Å²) in [7, 11) is 0. The van der Waals surface area contributed by atoms with Gasteiger partial charge in [0, 0.05) is 43.0 Å². The Balaban J connectivity index is 1.88. The SMILES string of the molecule is O=c1nc(N2CCc3ccccc32)c2c([nH]1)CCNC2. The third-order valence-electron chi connectivity index (χ3n) is 4.10. The first-order valence-corrected chi connectivity index (χ1v) is 7.01. The van der Waals surface area contributed by atoms with E-state index in [9.17, 15) is 4.79 Å². The molecule has 0 fully saturated rings. The van der Waals surface area contributed by atoms with E-state index in [1.54, 1.807) is 0 Å². The number of hydrogen-bond acceptors (Lipinski definition) is 4. The smallest absolute Gasteiger partial charge is 0.325 e. The van der Waals surface area contributed by atoms with Crippen molar-refractivity contribution in [3.8, 4) is 0 Å². The Morgan fingerprint density at radius 1 is 1.20 bits per heavy atom. The van der Waals surface area contributed by atoms with Gasteiger partial charge in [0.2, 0.25) is 0 Å². The lowest BCUT2D eigenvalue weighted by Crippen LogP contribution is -2.32. The zero-order valence-corrected chi connectivity index (χ0v) is 11.1. The summed E-state index contributed by atoms with van der Waals surface area (Å²) < 4.78 is 0. The second kappa shape index (κ2) is 4.45. The number of benzene rings is 1. The summed E-state index contributed by atoms with van der Waals surface area (Å²) in [5, 5.41) is 3.36. The van der Waals surface area contributed by atoms with E-state index in [1.165, 1.54) is 11.3 Å². The van der Waals surface area contributed by atoms with Gasteiger partial charge in [0.25, 0.3) is 0 Å². The van der Waals surface area contributed by atoms with Crippen LogP contribution in [0.2, 0.25) is 0 Å². The first-order valence-electron chi connectivity index (χ1n) is 7.01. The molecule has 2 aliphatic rings. The fourth-order valence-electron chi connectivity index (χ4n) is 3.14. The molecule has 3 heterocycles. The van der Waals surface area contributed by atoms with Crippen molar-refractivity contribution in [2.45, 2.75) is 19.4 Å². The van der Waals surface area contributed by atoms with Crippen LogP contribution in [0.25, 0.3) is 0 Å². The van der Waals surface area contributed by atoms with Gasteiger partial charge in [-0.2, -0.15) is 4.98 Å². The Morgan fingerprint density at radius 2 is 2.10 bits per heavy atom. The molecule has 20 heavy (non-hydrogen) atoms. The van der Waals surface area contributed by atoms with E-state index in [1.807, 2.05) is 6.07 Å². The standard InChI is InChI=1S/C15H16N4O/c20-15-17-12-5-7-16-9-11(12)14(18-15)19-8-6-10-3-1-2-4-13(10)19/h1-4,16H,5-9H2,(H,17,18,20). The van der Waals surface area contributed by atoms with Gasteiger partial charge in [0.15, 0.2) is 0 Å². The summed E-state index contributed by atoms with van der Waals surface area (Å²) in [6.07, 6.45) is 1.86. The minimum absolute atomic E-state index is 0.245. The third-order valence-corrected chi connectivity index (χ3v) is 4.10. The molecule has 2 aliphatic heterocycles. The van der Waals surface area contributed by atoms with E-state index in [2.05, 4.69) is 38.4 Å². The summed E-state index contributed by atoms with van der Waals surface area (Å²) in [5.41, 5.74) is 4.42. The van der Waals surface area contributed by atoms with Crippen LogP contribution in [0.4, 0.5) is 11.5 Å². The van der Waals surface area contributed by atoms with Crippen molar-refractivity contribution in [3.05, 3.63) is 51.6 Å². The van der Waals surface area contributed by atoms with Gasteiger partial charge in [-0.1, -0.05) is 18.2 Å². The van der Waals surface area contributed by atoms with Gasteiger partial charge in [0.05, 0.1) is 0 Å². The van der Waals surface area contributed by atoms with Crippen molar-refractivity contribution < 1.29 is 0 Å². The van der Waals surface area contributed by atoms with Gasteiger partial charge in [-0.25, -0.2) is 4.79 Å². The summed E-state index contributed by atoms with van der Waals surface area (Å²) in [6.45, 7) is 2.57. The maximum Gasteiger partial charge on any atom is 0.347 e. The van der Waals surface area contributed by atoms with Crippen LogP contribution < -0.4 is 15.9 Å². The second-order valence-corrected chi connectivity index (χ2v) is 5.28. The third kappa shape index (κ3) is 1.74. The monoisotopic (exact) mass is 268 g/mol. The van der Waals surface area contributed by atoms with Crippen LogP contribution in [0.3, 0.4) is 0 Å². The number of fused-ring (bicyclic) bond motifs is 2. The number of aromatic nitrogens is 2. The molecule has 0 bridgehead atoms. The van der Waals surface area contributed by atoms with Crippen LogP contribution in [0.1, 0.15) is 16.8 Å². The molecule has 2 aromatic rings. The fourth-order valence-corrected chi connectivity index (χ4v) is 3.14. The van der Waals surface area contributed by atoms with Crippen molar-refractivity contribution in [2.24, 2.45) is 0 Å². The predicted molar refractivity (Wildman–Crippen MR) is 77.4 cm³/mol. The average Bonchev–Trinajstić information content (AvgIpc) is 2.90. The summed E-state index contributed by atoms with van der Waals surface area (Å²) in [4.78, 5) is 21.1. The molecule has 0 amide bonds. The highest BCUT2D eigenvalue weighted by Gasteiger charge is 2.26. The first-order chi connectivity index (χ1) is 9.83. The number of H-pyrrole nitrogens is 1. The zero-order chi connectivity index (χ0) is 13.5. The molecule has 0 aliphatic carbocycles. The van der Waals surface area contributed by atoms with Crippen LogP contribution in [-0.2, 0) is 19.4 Å². The van der Waals surface area contributed by atoms with Crippen LogP contribution in [-0.4, -0.2) is 23.1 Å². The van der Waals surface area contributed by atoms with E-state index < -0.39 is 0 Å². The number of aromatic amines is 1. The molecule has 0 unspecified atom stereocenters. The summed E-state index contributed by atoms with van der Waals surface area (Å²) >= 11 is 0. The molecular weight excluding hydrogens is 252 g/mol. The molecule has 0 atom stereocenters. The molecular formula is C15H16N4O. The molecule has 4 rings (SSSR count). The van der Waals surface area contributed by atoms with Crippen LogP contribution in [0.5, 0.6) is 0 Å². The second-order valence-electron chi connectivity index (χ2n) is 5.28. The first kappa shape index (κ1) is 11.7. The Hall–Kier alpha value is -2.14. The molecule has 0 spiro atoms. The predicted octanol–water partition coefficient (Wildman–Crippen LogP) is 1.11. The van der Waals surface area contributed by atoms with Gasteiger partial charge in [-0.3, -0.25) is 0 Å². The lowest BCUT2D eigenvalue weighted by Gasteiger charge is -2.25. The van der Waals surface area contributed by atoms with Gasteiger partial charge in [-0.15, -0.1) is 0 Å². The summed E-state index contributed by atoms with van der Waals surface area (Å²) in [5.74, 6) is 0.820. The van der Waals surface area contributed by atoms with Crippen molar-refractivity contribution in [1.82, 2.24) is 15.3 Å². The maximum atomic E-state index is 11.8. The van der Waals surface area contributed by atoms with Gasteiger partial charge >= 0.3 is 5.69 Å². The molecule has 0 saturated carbocycles. The van der Waals surface area contributed by atoms with Crippen LogP contribution in [0, 0.1) is 0 Å². The van der Waals surface area contributed by atoms with Crippen molar-refractivity contribution in [2.75, 3.05) is 18.0 Å². The van der Waals surface area contributed by atoms with Gasteiger partial charge < -0.3 is 15.2 Å². The minimum Gasteiger partial charge on any atom is -0.325 e. The van der Waals surface area contributed by atoms with E-state index in [4.69, 9.17) is 0 Å². The molecule has 0 saturated heterocycles. The molecule has 5 nitrogen and oxygen atoms in total. The zero-order valence-electron chi connectivity index (χ0n) is 11.1. The van der Waals surface area contributed by atoms with E-state index in [0.717, 1.165) is 49.6 Å². The number of para-hydroxylation sites is 1. The number of hydrogen-bond donors (Lipinski definition) is 2. The highest BCUT2D eigenvalue weighted by atomic mass is 16.1. The summed E-state index contributed by atoms with van der Waals surface area (Å²) in [6, 6.07) is 8.35. The van der Waals surface area contributed by atoms with Gasteiger partial charge in [-0.05, 0) is 18.1 Å². The van der Waals surface area contributed by atoms with Crippen LogP contribution >= 0.6 is 0 Å². The molecule has 1 aromatic carbocycles. The highest BCUT2D eigenvalue weighted by Crippen LogP contribution is 2.35. The molecule has 5 heteroatoms.